The number of amides is 1. The molecular weight excluding hydrogens is 412 g/mol. The van der Waals surface area contributed by atoms with Gasteiger partial charge in [0.1, 0.15) is 0 Å². The zero-order chi connectivity index (χ0) is 22.8. The maximum atomic E-state index is 13.4. The van der Waals surface area contributed by atoms with Crippen LogP contribution in [0, 0.1) is 0 Å². The molecule has 5 nitrogen and oxygen atoms in total. The number of hydrogen-bond donors (Lipinski definition) is 1. The SMILES string of the molecule is C[C@@H](OC(=O)c1c2c(nc3ccccc13)CCCCC2)C(=O)Nc1ccc2ccccc2c1. The molecule has 1 heterocycles. The van der Waals surface area contributed by atoms with E-state index in [0.717, 1.165) is 65.0 Å². The van der Waals surface area contributed by atoms with E-state index < -0.39 is 12.1 Å². The van der Waals surface area contributed by atoms with Gasteiger partial charge in [-0.1, -0.05) is 55.0 Å². The smallest absolute Gasteiger partial charge is 0.339 e. The standard InChI is InChI=1S/C28H26N2O3/c1-18(27(31)29-21-16-15-19-9-5-6-10-20(19)17-21)33-28(32)26-22-11-3-2-4-13-24(22)30-25-14-8-7-12-23(25)26/h5-10,12,14-18H,2-4,11,13H2,1H3,(H,29,31)/t18-/m1/s1. The third-order valence-electron chi connectivity index (χ3n) is 6.29. The minimum atomic E-state index is -0.933. The van der Waals surface area contributed by atoms with Crippen molar-refractivity contribution in [2.75, 3.05) is 5.32 Å². The van der Waals surface area contributed by atoms with Crippen molar-refractivity contribution in [3.05, 3.63) is 83.6 Å². The number of ether oxygens (including phenoxy) is 1. The van der Waals surface area contributed by atoms with Gasteiger partial charge in [-0.25, -0.2) is 4.79 Å². The van der Waals surface area contributed by atoms with Gasteiger partial charge in [0.15, 0.2) is 6.10 Å². The average Bonchev–Trinajstić information content (AvgIpc) is 3.07. The first kappa shape index (κ1) is 21.1. The maximum Gasteiger partial charge on any atom is 0.339 e. The number of aromatic nitrogens is 1. The molecule has 0 fully saturated rings. The van der Waals surface area contributed by atoms with E-state index in [1.807, 2.05) is 66.7 Å². The average molecular weight is 439 g/mol. The van der Waals surface area contributed by atoms with Crippen LogP contribution >= 0.6 is 0 Å². The van der Waals surface area contributed by atoms with E-state index >= 15 is 0 Å². The van der Waals surface area contributed by atoms with E-state index in [2.05, 4.69) is 5.32 Å². The number of benzene rings is 3. The number of carbonyl (C=O) groups excluding carboxylic acids is 2. The summed E-state index contributed by atoms with van der Waals surface area (Å²) >= 11 is 0. The number of hydrogen-bond acceptors (Lipinski definition) is 4. The number of pyridine rings is 1. The van der Waals surface area contributed by atoms with E-state index in [4.69, 9.17) is 9.72 Å². The normalized spacial score (nSPS) is 14.3. The minimum Gasteiger partial charge on any atom is -0.449 e. The summed E-state index contributed by atoms with van der Waals surface area (Å²) in [5.41, 5.74) is 3.97. The Morgan fingerprint density at radius 3 is 2.55 bits per heavy atom. The van der Waals surface area contributed by atoms with Crippen LogP contribution in [0.25, 0.3) is 21.7 Å². The first-order valence-electron chi connectivity index (χ1n) is 11.5. The van der Waals surface area contributed by atoms with Crippen molar-refractivity contribution < 1.29 is 14.3 Å². The van der Waals surface area contributed by atoms with Crippen LogP contribution in [-0.4, -0.2) is 23.0 Å². The second-order valence-electron chi connectivity index (χ2n) is 8.59. The van der Waals surface area contributed by atoms with Crippen molar-refractivity contribution in [1.29, 1.82) is 0 Å². The van der Waals surface area contributed by atoms with Crippen molar-refractivity contribution in [2.24, 2.45) is 0 Å². The molecular formula is C28H26N2O3. The number of rotatable bonds is 4. The third-order valence-corrected chi connectivity index (χ3v) is 6.29. The Bertz CT molecular complexity index is 1360. The molecule has 3 aromatic carbocycles. The highest BCUT2D eigenvalue weighted by Gasteiger charge is 2.26. The summed E-state index contributed by atoms with van der Waals surface area (Å²) in [6.45, 7) is 1.61. The van der Waals surface area contributed by atoms with Crippen LogP contribution in [0.3, 0.4) is 0 Å². The van der Waals surface area contributed by atoms with Crippen molar-refractivity contribution >= 4 is 39.2 Å². The Balaban J connectivity index is 1.39. The second-order valence-corrected chi connectivity index (χ2v) is 8.59. The summed E-state index contributed by atoms with van der Waals surface area (Å²) in [4.78, 5) is 31.0. The molecule has 0 unspecified atom stereocenters. The number of nitrogens with zero attached hydrogens (tertiary/aromatic N) is 1. The van der Waals surface area contributed by atoms with Crippen LogP contribution in [-0.2, 0) is 22.4 Å². The number of esters is 1. The minimum absolute atomic E-state index is 0.358. The van der Waals surface area contributed by atoms with E-state index in [-0.39, 0.29) is 5.91 Å². The summed E-state index contributed by atoms with van der Waals surface area (Å²) in [5, 5.41) is 5.78. The highest BCUT2D eigenvalue weighted by Crippen LogP contribution is 2.29. The quantitative estimate of drug-likeness (QED) is 0.321. The van der Waals surface area contributed by atoms with Gasteiger partial charge in [-0.15, -0.1) is 0 Å². The van der Waals surface area contributed by atoms with Crippen LogP contribution in [0.1, 0.15) is 47.8 Å². The molecule has 4 aromatic rings. The molecule has 1 amide bonds. The zero-order valence-electron chi connectivity index (χ0n) is 18.6. The first-order valence-corrected chi connectivity index (χ1v) is 11.5. The van der Waals surface area contributed by atoms with Gasteiger partial charge in [-0.2, -0.15) is 0 Å². The molecule has 0 saturated carbocycles. The van der Waals surface area contributed by atoms with Crippen LogP contribution in [0.4, 0.5) is 5.69 Å². The molecule has 1 atom stereocenters. The summed E-state index contributed by atoms with van der Waals surface area (Å²) in [6, 6.07) is 21.3. The van der Waals surface area contributed by atoms with Gasteiger partial charge >= 0.3 is 5.97 Å². The van der Waals surface area contributed by atoms with Gasteiger partial charge in [0.05, 0.1) is 11.1 Å². The van der Waals surface area contributed by atoms with Crippen molar-refractivity contribution in [1.82, 2.24) is 4.98 Å². The maximum absolute atomic E-state index is 13.4. The van der Waals surface area contributed by atoms with Gasteiger partial charge < -0.3 is 10.1 Å². The Morgan fingerprint density at radius 1 is 0.909 bits per heavy atom. The fraction of sp³-hybridized carbons (Fsp3) is 0.250. The van der Waals surface area contributed by atoms with E-state index in [9.17, 15) is 9.59 Å². The van der Waals surface area contributed by atoms with Gasteiger partial charge in [0.25, 0.3) is 5.91 Å². The molecule has 5 heteroatoms. The highest BCUT2D eigenvalue weighted by molar-refractivity contribution is 6.06. The molecule has 1 aliphatic carbocycles. The predicted octanol–water partition coefficient (Wildman–Crippen LogP) is 5.84. The summed E-state index contributed by atoms with van der Waals surface area (Å²) < 4.78 is 5.69. The monoisotopic (exact) mass is 438 g/mol. The molecule has 166 valence electrons. The molecule has 0 saturated heterocycles. The number of fused-ring (bicyclic) bond motifs is 3. The van der Waals surface area contributed by atoms with Crippen LogP contribution in [0.5, 0.6) is 0 Å². The number of carbonyl (C=O) groups is 2. The van der Waals surface area contributed by atoms with Crippen LogP contribution < -0.4 is 5.32 Å². The van der Waals surface area contributed by atoms with E-state index in [1.165, 1.54) is 0 Å². The lowest BCUT2D eigenvalue weighted by atomic mass is 9.97. The van der Waals surface area contributed by atoms with Gasteiger partial charge in [-0.05, 0) is 67.1 Å². The van der Waals surface area contributed by atoms with Crippen molar-refractivity contribution in [2.45, 2.75) is 45.1 Å². The highest BCUT2D eigenvalue weighted by atomic mass is 16.5. The largest absolute Gasteiger partial charge is 0.449 e. The molecule has 0 bridgehead atoms. The topological polar surface area (TPSA) is 68.3 Å². The number of para-hydroxylation sites is 1. The Hall–Kier alpha value is -3.73. The summed E-state index contributed by atoms with van der Waals surface area (Å²) in [5.74, 6) is -0.823. The van der Waals surface area contributed by atoms with Crippen LogP contribution in [0.2, 0.25) is 0 Å². The number of anilines is 1. The number of aryl methyl sites for hydroxylation is 1. The predicted molar refractivity (Wildman–Crippen MR) is 130 cm³/mol. The van der Waals surface area contributed by atoms with Gasteiger partial charge in [0.2, 0.25) is 0 Å². The van der Waals surface area contributed by atoms with Crippen molar-refractivity contribution in [3.63, 3.8) is 0 Å². The van der Waals surface area contributed by atoms with Gasteiger partial charge in [-0.3, -0.25) is 9.78 Å². The zero-order valence-corrected chi connectivity index (χ0v) is 18.6. The molecule has 1 aliphatic rings. The lowest BCUT2D eigenvalue weighted by Crippen LogP contribution is -2.30. The van der Waals surface area contributed by atoms with Gasteiger partial charge in [0, 0.05) is 16.8 Å². The lowest BCUT2D eigenvalue weighted by molar-refractivity contribution is -0.123. The van der Waals surface area contributed by atoms with E-state index in [0.29, 0.717) is 11.3 Å². The Kier molecular flexibility index (Phi) is 5.78. The molecule has 5 rings (SSSR count). The molecule has 33 heavy (non-hydrogen) atoms. The molecule has 1 N–H and O–H groups in total. The molecule has 0 radical (unpaired) electrons. The first-order chi connectivity index (χ1) is 16.1. The lowest BCUT2D eigenvalue weighted by Gasteiger charge is -2.18. The Labute approximate surface area is 192 Å². The fourth-order valence-corrected chi connectivity index (χ4v) is 4.57. The number of nitrogens with one attached hydrogen (secondary N) is 1. The fourth-order valence-electron chi connectivity index (χ4n) is 4.57. The Morgan fingerprint density at radius 2 is 1.67 bits per heavy atom. The summed E-state index contributed by atoms with van der Waals surface area (Å²) in [6.07, 6.45) is 3.93. The van der Waals surface area contributed by atoms with Crippen molar-refractivity contribution in [3.8, 4) is 0 Å². The molecule has 0 spiro atoms. The van der Waals surface area contributed by atoms with Crippen LogP contribution in [0.15, 0.2) is 66.7 Å². The molecule has 0 aliphatic heterocycles. The van der Waals surface area contributed by atoms with E-state index in [1.54, 1.807) is 6.92 Å². The third kappa shape index (κ3) is 4.31. The second kappa shape index (κ2) is 9.02. The summed E-state index contributed by atoms with van der Waals surface area (Å²) in [7, 11) is 0. The molecule has 1 aromatic heterocycles.